The summed E-state index contributed by atoms with van der Waals surface area (Å²) in [5.41, 5.74) is 2.91. The summed E-state index contributed by atoms with van der Waals surface area (Å²) in [6.07, 6.45) is 5.98. The number of aryl methyl sites for hydroxylation is 1. The average Bonchev–Trinajstić information content (AvgIpc) is 2.84. The maximum atomic E-state index is 5.61. The maximum absolute atomic E-state index is 5.61. The van der Waals surface area contributed by atoms with Crippen LogP contribution in [0.5, 0.6) is 0 Å². The Kier molecular flexibility index (Phi) is 4.39. The van der Waals surface area contributed by atoms with Crippen LogP contribution in [-0.2, 0) is 11.2 Å². The lowest BCUT2D eigenvalue weighted by Crippen LogP contribution is -2.44. The van der Waals surface area contributed by atoms with Crippen LogP contribution in [0.15, 0.2) is 22.8 Å². The predicted molar refractivity (Wildman–Crippen MR) is 61.7 cm³/mol. The molecule has 2 rings (SSSR count). The van der Waals surface area contributed by atoms with Gasteiger partial charge < -0.3 is 9.15 Å². The summed E-state index contributed by atoms with van der Waals surface area (Å²) in [7, 11) is 0. The second kappa shape index (κ2) is 6.03. The zero-order valence-corrected chi connectivity index (χ0v) is 9.52. The normalized spacial score (nSPS) is 23.2. The molecule has 0 amide bonds. The van der Waals surface area contributed by atoms with E-state index in [2.05, 4.69) is 5.43 Å². The summed E-state index contributed by atoms with van der Waals surface area (Å²) < 4.78 is 10.8. The summed E-state index contributed by atoms with van der Waals surface area (Å²) in [6, 6.07) is 4.25. The topological polar surface area (TPSA) is 60.4 Å². The van der Waals surface area contributed by atoms with Gasteiger partial charge in [0, 0.05) is 19.1 Å². The Hall–Kier alpha value is -0.840. The molecule has 3 N–H and O–H groups in total. The molecule has 1 fully saturated rings. The van der Waals surface area contributed by atoms with Crippen LogP contribution in [0.2, 0.25) is 0 Å². The number of hydrazine groups is 1. The smallest absolute Gasteiger partial charge is 0.103 e. The number of nitrogens with one attached hydrogen (secondary N) is 1. The van der Waals surface area contributed by atoms with Gasteiger partial charge in [-0.3, -0.25) is 11.3 Å². The molecule has 1 aromatic heterocycles. The molecule has 0 aliphatic carbocycles. The summed E-state index contributed by atoms with van der Waals surface area (Å²) in [5, 5.41) is 0. The van der Waals surface area contributed by atoms with Gasteiger partial charge in [-0.05, 0) is 37.3 Å². The number of furan rings is 1. The Bertz CT molecular complexity index is 281. The van der Waals surface area contributed by atoms with Crippen molar-refractivity contribution in [1.82, 2.24) is 5.43 Å². The van der Waals surface area contributed by atoms with E-state index in [0.717, 1.165) is 38.2 Å². The minimum absolute atomic E-state index is 0.324. The van der Waals surface area contributed by atoms with E-state index in [1.54, 1.807) is 6.26 Å². The number of nitrogens with two attached hydrogens (primary N) is 1. The molecule has 90 valence electrons. The third-order valence-electron chi connectivity index (χ3n) is 3.26. The fraction of sp³-hybridized carbons (Fsp3) is 0.667. The zero-order valence-electron chi connectivity index (χ0n) is 9.52. The highest BCUT2D eigenvalue weighted by molar-refractivity contribution is 4.98. The summed E-state index contributed by atoms with van der Waals surface area (Å²) in [4.78, 5) is 0. The van der Waals surface area contributed by atoms with E-state index in [4.69, 9.17) is 15.0 Å². The van der Waals surface area contributed by atoms with Crippen LogP contribution >= 0.6 is 0 Å². The molecule has 1 saturated heterocycles. The molecule has 4 heteroatoms. The highest BCUT2D eigenvalue weighted by Crippen LogP contribution is 2.20. The predicted octanol–water partition coefficient (Wildman–Crippen LogP) is 1.47. The molecule has 0 bridgehead atoms. The summed E-state index contributed by atoms with van der Waals surface area (Å²) >= 11 is 0. The van der Waals surface area contributed by atoms with Crippen molar-refractivity contribution in [3.05, 3.63) is 24.2 Å². The van der Waals surface area contributed by atoms with E-state index >= 15 is 0 Å². The van der Waals surface area contributed by atoms with Crippen molar-refractivity contribution in [2.24, 2.45) is 11.8 Å². The van der Waals surface area contributed by atoms with E-state index in [0.29, 0.717) is 12.0 Å². The molecule has 2 heterocycles. The minimum atomic E-state index is 0.324. The lowest BCUT2D eigenvalue weighted by Gasteiger charge is -2.29. The van der Waals surface area contributed by atoms with Gasteiger partial charge in [0.25, 0.3) is 0 Å². The monoisotopic (exact) mass is 224 g/mol. The van der Waals surface area contributed by atoms with Crippen molar-refractivity contribution in [2.75, 3.05) is 13.2 Å². The Morgan fingerprint density at radius 3 is 3.12 bits per heavy atom. The molecule has 1 aliphatic rings. The van der Waals surface area contributed by atoms with Crippen LogP contribution in [-0.4, -0.2) is 19.3 Å². The van der Waals surface area contributed by atoms with Crippen LogP contribution in [0, 0.1) is 5.92 Å². The second-order valence-corrected chi connectivity index (χ2v) is 4.37. The molecule has 0 spiro atoms. The first-order valence-electron chi connectivity index (χ1n) is 5.96. The lowest BCUT2D eigenvalue weighted by molar-refractivity contribution is 0.0378. The Morgan fingerprint density at radius 2 is 2.50 bits per heavy atom. The van der Waals surface area contributed by atoms with E-state index in [-0.39, 0.29) is 0 Å². The van der Waals surface area contributed by atoms with Crippen molar-refractivity contribution < 1.29 is 9.15 Å². The van der Waals surface area contributed by atoms with Gasteiger partial charge in [0.2, 0.25) is 0 Å². The lowest BCUT2D eigenvalue weighted by atomic mass is 9.91. The molecule has 2 unspecified atom stereocenters. The third-order valence-corrected chi connectivity index (χ3v) is 3.26. The number of ether oxygens (including phenoxy) is 1. The Balaban J connectivity index is 1.80. The maximum Gasteiger partial charge on any atom is 0.103 e. The van der Waals surface area contributed by atoms with Crippen LogP contribution in [0.1, 0.15) is 25.0 Å². The first-order valence-corrected chi connectivity index (χ1v) is 5.96. The van der Waals surface area contributed by atoms with Crippen LogP contribution in [0.4, 0.5) is 0 Å². The summed E-state index contributed by atoms with van der Waals surface area (Å²) in [6.45, 7) is 1.72. The Labute approximate surface area is 96.1 Å². The zero-order chi connectivity index (χ0) is 11.2. The van der Waals surface area contributed by atoms with E-state index in [1.165, 1.54) is 6.42 Å². The second-order valence-electron chi connectivity index (χ2n) is 4.37. The molecular formula is C12H20N2O2. The molecule has 1 aliphatic heterocycles. The number of hydrogen-bond donors (Lipinski definition) is 2. The average molecular weight is 224 g/mol. The van der Waals surface area contributed by atoms with Gasteiger partial charge in [0.05, 0.1) is 12.9 Å². The van der Waals surface area contributed by atoms with Gasteiger partial charge in [0.15, 0.2) is 0 Å². The molecule has 2 atom stereocenters. The van der Waals surface area contributed by atoms with Crippen molar-refractivity contribution >= 4 is 0 Å². The minimum Gasteiger partial charge on any atom is -0.469 e. The highest BCUT2D eigenvalue weighted by atomic mass is 16.5. The van der Waals surface area contributed by atoms with Crippen LogP contribution in [0.25, 0.3) is 0 Å². The van der Waals surface area contributed by atoms with Crippen molar-refractivity contribution in [3.63, 3.8) is 0 Å². The molecular weight excluding hydrogens is 204 g/mol. The first-order chi connectivity index (χ1) is 7.90. The molecule has 0 radical (unpaired) electrons. The van der Waals surface area contributed by atoms with E-state index in [1.807, 2.05) is 12.1 Å². The van der Waals surface area contributed by atoms with Crippen molar-refractivity contribution in [1.29, 1.82) is 0 Å². The molecule has 4 nitrogen and oxygen atoms in total. The van der Waals surface area contributed by atoms with Gasteiger partial charge in [-0.25, -0.2) is 0 Å². The fourth-order valence-corrected chi connectivity index (χ4v) is 2.29. The van der Waals surface area contributed by atoms with Crippen LogP contribution < -0.4 is 11.3 Å². The van der Waals surface area contributed by atoms with Crippen molar-refractivity contribution in [2.45, 2.75) is 31.7 Å². The van der Waals surface area contributed by atoms with Gasteiger partial charge in [-0.15, -0.1) is 0 Å². The fourth-order valence-electron chi connectivity index (χ4n) is 2.29. The molecule has 0 saturated carbocycles. The van der Waals surface area contributed by atoms with E-state index < -0.39 is 0 Å². The first kappa shape index (κ1) is 11.6. The van der Waals surface area contributed by atoms with E-state index in [9.17, 15) is 0 Å². The van der Waals surface area contributed by atoms with Gasteiger partial charge in [0.1, 0.15) is 5.76 Å². The van der Waals surface area contributed by atoms with Gasteiger partial charge >= 0.3 is 0 Å². The molecule has 0 aromatic carbocycles. The third kappa shape index (κ3) is 3.07. The Morgan fingerprint density at radius 1 is 1.56 bits per heavy atom. The summed E-state index contributed by atoms with van der Waals surface area (Å²) in [5.74, 6) is 7.17. The quantitative estimate of drug-likeness (QED) is 0.587. The molecule has 1 aromatic rings. The molecule has 16 heavy (non-hydrogen) atoms. The van der Waals surface area contributed by atoms with Crippen LogP contribution in [0.3, 0.4) is 0 Å². The highest BCUT2D eigenvalue weighted by Gasteiger charge is 2.23. The van der Waals surface area contributed by atoms with Gasteiger partial charge in [-0.1, -0.05) is 0 Å². The standard InChI is InChI=1S/C12H20N2O2/c13-14-12(10-3-1-7-15-9-10)6-5-11-4-2-8-16-11/h2,4,8,10,12,14H,1,3,5-7,9,13H2. The number of hydrogen-bond acceptors (Lipinski definition) is 4. The van der Waals surface area contributed by atoms with Gasteiger partial charge in [-0.2, -0.15) is 0 Å². The van der Waals surface area contributed by atoms with Crippen molar-refractivity contribution in [3.8, 4) is 0 Å². The largest absolute Gasteiger partial charge is 0.469 e. The number of rotatable bonds is 5. The SMILES string of the molecule is NNC(CCc1ccco1)C1CCCOC1.